The number of unbranched alkanes of at least 4 members (excludes halogenated alkanes) is 2. The summed E-state index contributed by atoms with van der Waals surface area (Å²) in [5, 5.41) is 6.04. The van der Waals surface area contributed by atoms with Gasteiger partial charge in [-0.2, -0.15) is 11.8 Å². The van der Waals surface area contributed by atoms with Gasteiger partial charge in [0, 0.05) is 13.7 Å². The van der Waals surface area contributed by atoms with Gasteiger partial charge >= 0.3 is 0 Å². The van der Waals surface area contributed by atoms with Gasteiger partial charge in [-0.25, -0.2) is 0 Å². The summed E-state index contributed by atoms with van der Waals surface area (Å²) in [5.41, 5.74) is 0. The molecule has 4 nitrogen and oxygen atoms in total. The van der Waals surface area contributed by atoms with Gasteiger partial charge in [-0.15, -0.1) is 0 Å². The van der Waals surface area contributed by atoms with Gasteiger partial charge in [0.2, 0.25) is 5.91 Å². The van der Waals surface area contributed by atoms with Crippen LogP contribution in [0.5, 0.6) is 0 Å². The average Bonchev–Trinajstić information content (AvgIpc) is 2.33. The summed E-state index contributed by atoms with van der Waals surface area (Å²) >= 11 is 1.89. The second-order valence-corrected chi connectivity index (χ2v) is 5.00. The second kappa shape index (κ2) is 12.2. The predicted octanol–water partition coefficient (Wildman–Crippen LogP) is 1.26. The molecule has 0 radical (unpaired) electrons. The van der Waals surface area contributed by atoms with Crippen LogP contribution in [0.3, 0.4) is 0 Å². The van der Waals surface area contributed by atoms with E-state index >= 15 is 0 Å². The number of amides is 1. The van der Waals surface area contributed by atoms with Gasteiger partial charge in [0.15, 0.2) is 0 Å². The lowest BCUT2D eigenvalue weighted by Gasteiger charge is -2.13. The van der Waals surface area contributed by atoms with E-state index in [9.17, 15) is 4.79 Å². The normalized spacial score (nSPS) is 12.4. The molecule has 0 spiro atoms. The highest BCUT2D eigenvalue weighted by Crippen LogP contribution is 2.01. The third kappa shape index (κ3) is 10.6. The van der Waals surface area contributed by atoms with E-state index in [1.165, 1.54) is 18.6 Å². The second-order valence-electron chi connectivity index (χ2n) is 4.01. The van der Waals surface area contributed by atoms with E-state index in [1.807, 2.05) is 18.7 Å². The van der Waals surface area contributed by atoms with Crippen LogP contribution in [0.15, 0.2) is 0 Å². The van der Waals surface area contributed by atoms with Gasteiger partial charge in [0.25, 0.3) is 0 Å². The van der Waals surface area contributed by atoms with Crippen LogP contribution in [-0.4, -0.2) is 50.8 Å². The molecule has 0 aliphatic rings. The Labute approximate surface area is 109 Å². The van der Waals surface area contributed by atoms with E-state index in [0.29, 0.717) is 13.2 Å². The molecule has 0 fully saturated rings. The van der Waals surface area contributed by atoms with Crippen LogP contribution in [0, 0.1) is 0 Å². The molecule has 0 saturated carbocycles. The average molecular weight is 262 g/mol. The van der Waals surface area contributed by atoms with Crippen molar-refractivity contribution in [3.05, 3.63) is 0 Å². The number of nitrogens with one attached hydrogen (secondary N) is 2. The Kier molecular flexibility index (Phi) is 12.0. The molecule has 1 atom stereocenters. The highest BCUT2D eigenvalue weighted by molar-refractivity contribution is 7.98. The molecule has 1 unspecified atom stereocenters. The number of hydrogen-bond donors (Lipinski definition) is 2. The summed E-state index contributed by atoms with van der Waals surface area (Å²) in [6.45, 7) is 3.94. The first kappa shape index (κ1) is 16.7. The molecule has 17 heavy (non-hydrogen) atoms. The SMILES string of the molecule is COCCNC(=O)C(C)NCCCCCSC. The van der Waals surface area contributed by atoms with Crippen molar-refractivity contribution in [3.8, 4) is 0 Å². The third-order valence-electron chi connectivity index (χ3n) is 2.47. The maximum Gasteiger partial charge on any atom is 0.236 e. The van der Waals surface area contributed by atoms with Gasteiger partial charge < -0.3 is 15.4 Å². The van der Waals surface area contributed by atoms with E-state index in [2.05, 4.69) is 16.9 Å². The van der Waals surface area contributed by atoms with E-state index < -0.39 is 0 Å². The quantitative estimate of drug-likeness (QED) is 0.550. The van der Waals surface area contributed by atoms with Crippen LogP contribution in [0.25, 0.3) is 0 Å². The fourth-order valence-electron chi connectivity index (χ4n) is 1.39. The van der Waals surface area contributed by atoms with Gasteiger partial charge in [-0.3, -0.25) is 4.79 Å². The van der Waals surface area contributed by atoms with Crippen molar-refractivity contribution < 1.29 is 9.53 Å². The maximum atomic E-state index is 11.6. The molecular weight excluding hydrogens is 236 g/mol. The van der Waals surface area contributed by atoms with Crippen LogP contribution in [0.1, 0.15) is 26.2 Å². The standard InChI is InChI=1S/C12H26N2O2S/c1-11(12(15)14-8-9-16-2)13-7-5-4-6-10-17-3/h11,13H,4-10H2,1-3H3,(H,14,15). The zero-order chi connectivity index (χ0) is 12.9. The Hall–Kier alpha value is -0.260. The highest BCUT2D eigenvalue weighted by Gasteiger charge is 2.10. The maximum absolute atomic E-state index is 11.6. The first-order valence-corrected chi connectivity index (χ1v) is 7.60. The molecule has 0 bridgehead atoms. The zero-order valence-corrected chi connectivity index (χ0v) is 12.1. The van der Waals surface area contributed by atoms with Crippen molar-refractivity contribution in [2.24, 2.45) is 0 Å². The minimum atomic E-state index is -0.118. The minimum Gasteiger partial charge on any atom is -0.383 e. The molecule has 102 valence electrons. The Balaban J connectivity index is 3.37. The summed E-state index contributed by atoms with van der Waals surface area (Å²) in [6, 6.07) is -0.118. The van der Waals surface area contributed by atoms with Crippen LogP contribution in [-0.2, 0) is 9.53 Å². The molecule has 0 aromatic heterocycles. The summed E-state index contributed by atoms with van der Waals surface area (Å²) in [6.07, 6.45) is 5.75. The van der Waals surface area contributed by atoms with Gasteiger partial charge in [0.05, 0.1) is 12.6 Å². The Bertz CT molecular complexity index is 191. The highest BCUT2D eigenvalue weighted by atomic mass is 32.2. The molecule has 0 aliphatic carbocycles. The largest absolute Gasteiger partial charge is 0.383 e. The van der Waals surface area contributed by atoms with Crippen LogP contribution < -0.4 is 10.6 Å². The molecule has 0 aromatic rings. The van der Waals surface area contributed by atoms with Crippen molar-refractivity contribution in [3.63, 3.8) is 0 Å². The first-order valence-electron chi connectivity index (χ1n) is 6.21. The van der Waals surface area contributed by atoms with Crippen molar-refractivity contribution >= 4 is 17.7 Å². The summed E-state index contributed by atoms with van der Waals surface area (Å²) in [7, 11) is 1.63. The van der Waals surface area contributed by atoms with Gasteiger partial charge in [-0.05, 0) is 38.3 Å². The number of carbonyl (C=O) groups is 1. The van der Waals surface area contributed by atoms with E-state index in [4.69, 9.17) is 4.74 Å². The number of thioether (sulfide) groups is 1. The predicted molar refractivity (Wildman–Crippen MR) is 74.6 cm³/mol. The van der Waals surface area contributed by atoms with Crippen molar-refractivity contribution in [1.29, 1.82) is 0 Å². The monoisotopic (exact) mass is 262 g/mol. The smallest absolute Gasteiger partial charge is 0.236 e. The van der Waals surface area contributed by atoms with Crippen LogP contribution in [0.2, 0.25) is 0 Å². The molecule has 0 saturated heterocycles. The van der Waals surface area contributed by atoms with E-state index in [1.54, 1.807) is 7.11 Å². The van der Waals surface area contributed by atoms with Crippen molar-refractivity contribution in [2.75, 3.05) is 38.8 Å². The molecule has 2 N–H and O–H groups in total. The molecule has 0 aliphatic heterocycles. The topological polar surface area (TPSA) is 50.4 Å². The Morgan fingerprint density at radius 1 is 1.29 bits per heavy atom. The lowest BCUT2D eigenvalue weighted by Crippen LogP contribution is -2.43. The minimum absolute atomic E-state index is 0.0474. The fraction of sp³-hybridized carbons (Fsp3) is 0.917. The number of methoxy groups -OCH3 is 1. The van der Waals surface area contributed by atoms with E-state index in [-0.39, 0.29) is 11.9 Å². The number of rotatable bonds is 11. The zero-order valence-electron chi connectivity index (χ0n) is 11.3. The fourth-order valence-corrected chi connectivity index (χ4v) is 1.88. The van der Waals surface area contributed by atoms with Crippen LogP contribution >= 0.6 is 11.8 Å². The molecule has 0 rings (SSSR count). The summed E-state index contributed by atoms with van der Waals surface area (Å²) in [5.74, 6) is 1.28. The molecule has 0 aromatic carbocycles. The number of hydrogen-bond acceptors (Lipinski definition) is 4. The Morgan fingerprint density at radius 2 is 2.06 bits per heavy atom. The lowest BCUT2D eigenvalue weighted by atomic mass is 10.2. The summed E-state index contributed by atoms with van der Waals surface area (Å²) < 4.78 is 4.87. The summed E-state index contributed by atoms with van der Waals surface area (Å²) in [4.78, 5) is 11.6. The van der Waals surface area contributed by atoms with Gasteiger partial charge in [-0.1, -0.05) is 6.42 Å². The van der Waals surface area contributed by atoms with Crippen molar-refractivity contribution in [2.45, 2.75) is 32.2 Å². The molecule has 1 amide bonds. The Morgan fingerprint density at radius 3 is 2.71 bits per heavy atom. The molecule has 0 heterocycles. The van der Waals surface area contributed by atoms with E-state index in [0.717, 1.165) is 13.0 Å². The van der Waals surface area contributed by atoms with Gasteiger partial charge in [0.1, 0.15) is 0 Å². The molecule has 5 heteroatoms. The van der Waals surface area contributed by atoms with Crippen molar-refractivity contribution in [1.82, 2.24) is 10.6 Å². The van der Waals surface area contributed by atoms with Crippen LogP contribution in [0.4, 0.5) is 0 Å². The number of carbonyl (C=O) groups excluding carboxylic acids is 1. The number of ether oxygens (including phenoxy) is 1. The lowest BCUT2D eigenvalue weighted by molar-refractivity contribution is -0.122. The third-order valence-corrected chi connectivity index (χ3v) is 3.17. The molecular formula is C12H26N2O2S. The first-order chi connectivity index (χ1) is 8.22.